The standard InChI is InChI=1S/C12H15F3N8O/c1-22(2)10-18-7(17-9(16)19-10)8(24)23-5-3-4-6(23)11(20-21-11)12(13,14)15/h6H,3-5H2,1-2H3,(H2,16,17,18,19). The number of rotatable bonds is 3. The number of nitrogens with two attached hydrogens (primary N) is 1. The highest BCUT2D eigenvalue weighted by Gasteiger charge is 2.70. The molecule has 1 aromatic heterocycles. The van der Waals surface area contributed by atoms with E-state index in [1.165, 1.54) is 4.90 Å². The Balaban J connectivity index is 1.90. The first-order valence-corrected chi connectivity index (χ1v) is 7.16. The van der Waals surface area contributed by atoms with Crippen molar-refractivity contribution in [3.8, 4) is 0 Å². The van der Waals surface area contributed by atoms with Crippen molar-refractivity contribution in [2.24, 2.45) is 10.2 Å². The van der Waals surface area contributed by atoms with Crippen molar-refractivity contribution in [2.45, 2.75) is 30.7 Å². The Morgan fingerprint density at radius 2 is 1.96 bits per heavy atom. The Kier molecular flexibility index (Phi) is 3.57. The van der Waals surface area contributed by atoms with Gasteiger partial charge in [-0.15, -0.1) is 10.2 Å². The summed E-state index contributed by atoms with van der Waals surface area (Å²) >= 11 is 0. The molecule has 1 unspecified atom stereocenters. The van der Waals surface area contributed by atoms with Gasteiger partial charge >= 0.3 is 11.8 Å². The Morgan fingerprint density at radius 3 is 2.50 bits per heavy atom. The van der Waals surface area contributed by atoms with Gasteiger partial charge in [0.2, 0.25) is 17.7 Å². The summed E-state index contributed by atoms with van der Waals surface area (Å²) in [7, 11) is 3.28. The highest BCUT2D eigenvalue weighted by molar-refractivity contribution is 5.91. The van der Waals surface area contributed by atoms with Gasteiger partial charge in [0.25, 0.3) is 5.91 Å². The fourth-order valence-corrected chi connectivity index (χ4v) is 2.72. The maximum Gasteiger partial charge on any atom is 0.439 e. The molecule has 0 radical (unpaired) electrons. The predicted octanol–water partition coefficient (Wildman–Crippen LogP) is 0.849. The van der Waals surface area contributed by atoms with Crippen LogP contribution >= 0.6 is 0 Å². The number of aromatic nitrogens is 3. The molecule has 130 valence electrons. The molecule has 3 rings (SSSR count). The molecule has 2 aliphatic rings. The zero-order chi connectivity index (χ0) is 17.7. The van der Waals surface area contributed by atoms with E-state index in [2.05, 4.69) is 25.2 Å². The molecule has 1 atom stereocenters. The highest BCUT2D eigenvalue weighted by Crippen LogP contribution is 2.51. The van der Waals surface area contributed by atoms with Crippen LogP contribution < -0.4 is 10.6 Å². The van der Waals surface area contributed by atoms with Crippen LogP contribution in [-0.2, 0) is 0 Å². The van der Waals surface area contributed by atoms with Crippen LogP contribution in [0.2, 0.25) is 0 Å². The number of carbonyl (C=O) groups excluding carboxylic acids is 1. The van der Waals surface area contributed by atoms with Crippen LogP contribution in [0.3, 0.4) is 0 Å². The molecule has 0 spiro atoms. The summed E-state index contributed by atoms with van der Waals surface area (Å²) in [6.45, 7) is 0.148. The van der Waals surface area contributed by atoms with Gasteiger partial charge < -0.3 is 15.5 Å². The van der Waals surface area contributed by atoms with Crippen LogP contribution in [0, 0.1) is 0 Å². The van der Waals surface area contributed by atoms with Crippen molar-refractivity contribution in [1.82, 2.24) is 19.9 Å². The summed E-state index contributed by atoms with van der Waals surface area (Å²) < 4.78 is 39.7. The Bertz CT molecular complexity index is 698. The number of anilines is 2. The molecule has 0 bridgehead atoms. The maximum absolute atomic E-state index is 13.2. The lowest BCUT2D eigenvalue weighted by Crippen LogP contribution is -2.52. The van der Waals surface area contributed by atoms with Gasteiger partial charge in [-0.1, -0.05) is 0 Å². The van der Waals surface area contributed by atoms with Crippen LogP contribution in [0.5, 0.6) is 0 Å². The summed E-state index contributed by atoms with van der Waals surface area (Å²) in [5.41, 5.74) is 3.03. The normalized spacial score (nSPS) is 21.9. The van der Waals surface area contributed by atoms with Gasteiger partial charge in [0.1, 0.15) is 0 Å². The van der Waals surface area contributed by atoms with E-state index in [-0.39, 0.29) is 30.7 Å². The molecular weight excluding hydrogens is 329 g/mol. The lowest BCUT2D eigenvalue weighted by Gasteiger charge is -2.29. The second-order valence-corrected chi connectivity index (χ2v) is 5.79. The summed E-state index contributed by atoms with van der Waals surface area (Å²) in [6, 6.07) is -1.19. The average molecular weight is 344 g/mol. The van der Waals surface area contributed by atoms with E-state index < -0.39 is 23.8 Å². The van der Waals surface area contributed by atoms with E-state index in [1.54, 1.807) is 14.1 Å². The smallest absolute Gasteiger partial charge is 0.368 e. The Hall–Kier alpha value is -2.53. The first-order chi connectivity index (χ1) is 11.2. The maximum atomic E-state index is 13.2. The molecule has 2 aliphatic heterocycles. The molecule has 1 fully saturated rings. The second kappa shape index (κ2) is 5.24. The first kappa shape index (κ1) is 16.3. The predicted molar refractivity (Wildman–Crippen MR) is 76.3 cm³/mol. The molecule has 1 saturated heterocycles. The number of hydrogen-bond donors (Lipinski definition) is 1. The monoisotopic (exact) mass is 344 g/mol. The number of amides is 1. The van der Waals surface area contributed by atoms with E-state index in [0.29, 0.717) is 6.42 Å². The third-order valence-corrected chi connectivity index (χ3v) is 3.94. The SMILES string of the molecule is CN(C)c1nc(N)nc(C(=O)N2CCCC2C2(C(F)(F)F)N=N2)n1. The van der Waals surface area contributed by atoms with Crippen LogP contribution in [-0.4, -0.2) is 64.3 Å². The lowest BCUT2D eigenvalue weighted by atomic mass is 10.0. The fraction of sp³-hybridized carbons (Fsp3) is 0.667. The minimum atomic E-state index is -4.65. The minimum absolute atomic E-state index is 0.146. The van der Waals surface area contributed by atoms with Crippen molar-refractivity contribution in [3.05, 3.63) is 5.82 Å². The van der Waals surface area contributed by atoms with E-state index >= 15 is 0 Å². The van der Waals surface area contributed by atoms with E-state index in [0.717, 1.165) is 4.90 Å². The van der Waals surface area contributed by atoms with Crippen molar-refractivity contribution in [1.29, 1.82) is 0 Å². The number of alkyl halides is 3. The van der Waals surface area contributed by atoms with Crippen LogP contribution in [0.1, 0.15) is 23.5 Å². The summed E-state index contributed by atoms with van der Waals surface area (Å²) in [4.78, 5) is 26.8. The number of nitrogen functional groups attached to an aromatic ring is 1. The largest absolute Gasteiger partial charge is 0.439 e. The van der Waals surface area contributed by atoms with Gasteiger partial charge in [-0.2, -0.15) is 28.1 Å². The Labute approximate surface area is 134 Å². The fourth-order valence-electron chi connectivity index (χ4n) is 2.72. The number of likely N-dealkylation sites (tertiary alicyclic amines) is 1. The number of carbonyl (C=O) groups is 1. The van der Waals surface area contributed by atoms with Gasteiger partial charge in [-0.3, -0.25) is 4.79 Å². The molecule has 0 aromatic carbocycles. The van der Waals surface area contributed by atoms with Crippen LogP contribution in [0.15, 0.2) is 10.2 Å². The topological polar surface area (TPSA) is 113 Å². The van der Waals surface area contributed by atoms with Crippen molar-refractivity contribution >= 4 is 17.8 Å². The second-order valence-electron chi connectivity index (χ2n) is 5.79. The third-order valence-electron chi connectivity index (χ3n) is 3.94. The zero-order valence-corrected chi connectivity index (χ0v) is 12.9. The van der Waals surface area contributed by atoms with Gasteiger partial charge in [0.05, 0.1) is 6.04 Å². The average Bonchev–Trinajstić information content (AvgIpc) is 3.17. The van der Waals surface area contributed by atoms with E-state index in [9.17, 15) is 18.0 Å². The molecule has 1 aromatic rings. The molecule has 0 aliphatic carbocycles. The molecule has 1 amide bonds. The summed E-state index contributed by atoms with van der Waals surface area (Å²) in [5, 5.41) is 6.39. The first-order valence-electron chi connectivity index (χ1n) is 7.16. The van der Waals surface area contributed by atoms with E-state index in [4.69, 9.17) is 5.73 Å². The number of nitrogens with zero attached hydrogens (tertiary/aromatic N) is 7. The lowest BCUT2D eigenvalue weighted by molar-refractivity contribution is -0.175. The third kappa shape index (κ3) is 2.51. The molecule has 3 heterocycles. The molecule has 2 N–H and O–H groups in total. The quantitative estimate of drug-likeness (QED) is 0.870. The van der Waals surface area contributed by atoms with Gasteiger partial charge in [-0.25, -0.2) is 0 Å². The van der Waals surface area contributed by atoms with Gasteiger partial charge in [0, 0.05) is 20.6 Å². The number of halogens is 3. The number of hydrogen-bond acceptors (Lipinski definition) is 8. The molecule has 0 saturated carbocycles. The van der Waals surface area contributed by atoms with E-state index in [1.807, 2.05) is 0 Å². The van der Waals surface area contributed by atoms with Crippen LogP contribution in [0.25, 0.3) is 0 Å². The highest BCUT2D eigenvalue weighted by atomic mass is 19.4. The molecule has 12 heteroatoms. The van der Waals surface area contributed by atoms with Crippen molar-refractivity contribution in [3.63, 3.8) is 0 Å². The van der Waals surface area contributed by atoms with Gasteiger partial charge in [0.15, 0.2) is 0 Å². The van der Waals surface area contributed by atoms with Gasteiger partial charge in [-0.05, 0) is 12.8 Å². The summed E-state index contributed by atoms with van der Waals surface area (Å²) in [5.74, 6) is -1.07. The molecular formula is C12H15F3N8O. The minimum Gasteiger partial charge on any atom is -0.368 e. The van der Waals surface area contributed by atoms with Crippen LogP contribution in [0.4, 0.5) is 25.1 Å². The van der Waals surface area contributed by atoms with Crippen molar-refractivity contribution < 1.29 is 18.0 Å². The zero-order valence-electron chi connectivity index (χ0n) is 12.9. The van der Waals surface area contributed by atoms with Crippen molar-refractivity contribution in [2.75, 3.05) is 31.3 Å². The molecule has 24 heavy (non-hydrogen) atoms. The summed E-state index contributed by atoms with van der Waals surface area (Å²) in [6.07, 6.45) is -4.08. The molecule has 9 nitrogen and oxygen atoms in total. The Morgan fingerprint density at radius 1 is 1.29 bits per heavy atom.